The molecular formula is C21H19Cl2N3O. The van der Waals surface area contributed by atoms with Gasteiger partial charge in [-0.2, -0.15) is 9.78 Å². The van der Waals surface area contributed by atoms with Gasteiger partial charge < -0.3 is 4.90 Å². The van der Waals surface area contributed by atoms with Gasteiger partial charge in [-0.3, -0.25) is 0 Å². The van der Waals surface area contributed by atoms with Crippen molar-refractivity contribution in [1.29, 1.82) is 0 Å². The lowest BCUT2D eigenvalue weighted by Crippen LogP contribution is -2.45. The number of hydrogen-bond donors (Lipinski definition) is 0. The Kier molecular flexibility index (Phi) is 4.70. The first-order valence-electron chi connectivity index (χ1n) is 8.91. The number of rotatable bonds is 3. The van der Waals surface area contributed by atoms with Crippen LogP contribution in [0.2, 0.25) is 10.0 Å². The number of hydrogen-bond acceptors (Lipinski definition) is 2. The van der Waals surface area contributed by atoms with Crippen LogP contribution >= 0.6 is 23.2 Å². The summed E-state index contributed by atoms with van der Waals surface area (Å²) in [5, 5.41) is 5.98. The zero-order valence-corrected chi connectivity index (χ0v) is 16.6. The molecule has 4 rings (SSSR count). The van der Waals surface area contributed by atoms with Crippen molar-refractivity contribution in [2.24, 2.45) is 0 Å². The SMILES string of the molecule is CC(C)N1CCc2c(-c3ccc(Cl)cc3)c(-c3ccccc3Cl)nn2C1=O. The number of carbonyl (C=O) groups excluding carboxylic acids is 1. The van der Waals surface area contributed by atoms with Crippen molar-refractivity contribution in [2.75, 3.05) is 6.54 Å². The molecule has 0 N–H and O–H groups in total. The molecule has 0 bridgehead atoms. The minimum absolute atomic E-state index is 0.0974. The summed E-state index contributed by atoms with van der Waals surface area (Å²) in [6, 6.07) is 15.2. The van der Waals surface area contributed by atoms with Gasteiger partial charge in [0.25, 0.3) is 0 Å². The highest BCUT2D eigenvalue weighted by Crippen LogP contribution is 2.39. The molecule has 4 nitrogen and oxygen atoms in total. The van der Waals surface area contributed by atoms with E-state index in [1.807, 2.05) is 67.3 Å². The van der Waals surface area contributed by atoms with E-state index in [9.17, 15) is 4.79 Å². The topological polar surface area (TPSA) is 38.1 Å². The van der Waals surface area contributed by atoms with Gasteiger partial charge in [-0.05, 0) is 37.6 Å². The Labute approximate surface area is 168 Å². The first kappa shape index (κ1) is 18.1. The third-order valence-electron chi connectivity index (χ3n) is 4.88. The number of amides is 1. The summed E-state index contributed by atoms with van der Waals surface area (Å²) in [6.07, 6.45) is 0.735. The minimum Gasteiger partial charge on any atom is -0.320 e. The maximum absolute atomic E-state index is 13.0. The van der Waals surface area contributed by atoms with E-state index in [0.29, 0.717) is 16.6 Å². The lowest BCUT2D eigenvalue weighted by atomic mass is 9.97. The summed E-state index contributed by atoms with van der Waals surface area (Å²) in [6.45, 7) is 4.70. The second-order valence-corrected chi connectivity index (χ2v) is 7.73. The lowest BCUT2D eigenvalue weighted by Gasteiger charge is -2.30. The fourth-order valence-electron chi connectivity index (χ4n) is 3.53. The average molecular weight is 400 g/mol. The van der Waals surface area contributed by atoms with Crippen LogP contribution in [0.25, 0.3) is 22.4 Å². The highest BCUT2D eigenvalue weighted by Gasteiger charge is 2.32. The van der Waals surface area contributed by atoms with E-state index in [1.165, 1.54) is 4.68 Å². The molecule has 1 aliphatic heterocycles. The van der Waals surface area contributed by atoms with Crippen molar-refractivity contribution in [3.05, 3.63) is 64.3 Å². The summed E-state index contributed by atoms with van der Waals surface area (Å²) >= 11 is 12.5. The summed E-state index contributed by atoms with van der Waals surface area (Å²) in [5.74, 6) is 0. The molecule has 0 fully saturated rings. The number of halogens is 2. The van der Waals surface area contributed by atoms with Gasteiger partial charge in [0.05, 0.1) is 10.7 Å². The summed E-state index contributed by atoms with van der Waals surface area (Å²) in [5.41, 5.74) is 4.36. The Balaban J connectivity index is 1.96. The van der Waals surface area contributed by atoms with Crippen molar-refractivity contribution < 1.29 is 4.79 Å². The zero-order chi connectivity index (χ0) is 19.1. The van der Waals surface area contributed by atoms with Crippen LogP contribution in [0.15, 0.2) is 48.5 Å². The third kappa shape index (κ3) is 3.13. The van der Waals surface area contributed by atoms with Crippen molar-refractivity contribution >= 4 is 29.2 Å². The Morgan fingerprint density at radius 1 is 1.04 bits per heavy atom. The average Bonchev–Trinajstić information content (AvgIpc) is 3.03. The fourth-order valence-corrected chi connectivity index (χ4v) is 3.88. The van der Waals surface area contributed by atoms with Crippen LogP contribution < -0.4 is 0 Å². The van der Waals surface area contributed by atoms with Gasteiger partial charge in [-0.15, -0.1) is 0 Å². The molecule has 2 aromatic carbocycles. The van der Waals surface area contributed by atoms with Crippen LogP contribution in [0.3, 0.4) is 0 Å². The number of benzene rings is 2. The molecule has 27 heavy (non-hydrogen) atoms. The molecule has 0 aliphatic carbocycles. The second-order valence-electron chi connectivity index (χ2n) is 6.89. The standard InChI is InChI=1S/C21H19Cl2N3O/c1-13(2)25-12-11-18-19(14-7-9-15(22)10-8-14)20(24-26(18)21(25)27)16-5-3-4-6-17(16)23/h3-10,13H,11-12H2,1-2H3. The Morgan fingerprint density at radius 2 is 1.74 bits per heavy atom. The van der Waals surface area contributed by atoms with Crippen molar-refractivity contribution in [3.8, 4) is 22.4 Å². The molecule has 1 aliphatic rings. The molecule has 1 aromatic heterocycles. The number of aromatic nitrogens is 2. The Hall–Kier alpha value is -2.30. The maximum atomic E-state index is 13.0. The van der Waals surface area contributed by atoms with Gasteiger partial charge in [0, 0.05) is 35.2 Å². The van der Waals surface area contributed by atoms with Gasteiger partial charge in [0.2, 0.25) is 0 Å². The van der Waals surface area contributed by atoms with Crippen LogP contribution in [0, 0.1) is 0 Å². The molecule has 0 saturated heterocycles. The molecule has 0 radical (unpaired) electrons. The number of carbonyl (C=O) groups is 1. The van der Waals surface area contributed by atoms with E-state index in [4.69, 9.17) is 28.3 Å². The molecule has 6 heteroatoms. The van der Waals surface area contributed by atoms with Gasteiger partial charge in [-0.25, -0.2) is 4.79 Å². The van der Waals surface area contributed by atoms with Gasteiger partial charge in [-0.1, -0.05) is 53.5 Å². The van der Waals surface area contributed by atoms with Gasteiger partial charge in [0.1, 0.15) is 5.69 Å². The quantitative estimate of drug-likeness (QED) is 0.561. The molecule has 0 atom stereocenters. The van der Waals surface area contributed by atoms with E-state index in [-0.39, 0.29) is 12.1 Å². The summed E-state index contributed by atoms with van der Waals surface area (Å²) < 4.78 is 1.53. The van der Waals surface area contributed by atoms with Crippen LogP contribution in [0.4, 0.5) is 4.79 Å². The Morgan fingerprint density at radius 3 is 2.41 bits per heavy atom. The third-order valence-corrected chi connectivity index (χ3v) is 5.46. The molecule has 0 spiro atoms. The minimum atomic E-state index is -0.0974. The maximum Gasteiger partial charge on any atom is 0.345 e. The molecule has 0 unspecified atom stereocenters. The summed E-state index contributed by atoms with van der Waals surface area (Å²) in [4.78, 5) is 14.8. The highest BCUT2D eigenvalue weighted by molar-refractivity contribution is 6.33. The van der Waals surface area contributed by atoms with Crippen molar-refractivity contribution in [1.82, 2.24) is 14.7 Å². The normalized spacial score (nSPS) is 14.0. The van der Waals surface area contributed by atoms with Crippen LogP contribution in [0.5, 0.6) is 0 Å². The predicted molar refractivity (Wildman–Crippen MR) is 109 cm³/mol. The smallest absolute Gasteiger partial charge is 0.320 e. The fraction of sp³-hybridized carbons (Fsp3) is 0.238. The second kappa shape index (κ2) is 7.02. The molecule has 0 saturated carbocycles. The van der Waals surface area contributed by atoms with Crippen molar-refractivity contribution in [3.63, 3.8) is 0 Å². The van der Waals surface area contributed by atoms with E-state index in [1.54, 1.807) is 0 Å². The monoisotopic (exact) mass is 399 g/mol. The molecule has 1 amide bonds. The molecule has 138 valence electrons. The van der Waals surface area contributed by atoms with Crippen LogP contribution in [0.1, 0.15) is 19.5 Å². The number of nitrogens with zero attached hydrogens (tertiary/aromatic N) is 3. The van der Waals surface area contributed by atoms with E-state index >= 15 is 0 Å². The largest absolute Gasteiger partial charge is 0.345 e. The van der Waals surface area contributed by atoms with Gasteiger partial charge >= 0.3 is 6.03 Å². The van der Waals surface area contributed by atoms with Crippen LogP contribution in [-0.2, 0) is 6.42 Å². The molecule has 3 aromatic rings. The van der Waals surface area contributed by atoms with E-state index in [0.717, 1.165) is 34.5 Å². The van der Waals surface area contributed by atoms with Crippen molar-refractivity contribution in [2.45, 2.75) is 26.3 Å². The highest BCUT2D eigenvalue weighted by atomic mass is 35.5. The summed E-state index contributed by atoms with van der Waals surface area (Å²) in [7, 11) is 0. The first-order valence-corrected chi connectivity index (χ1v) is 9.66. The molecular weight excluding hydrogens is 381 g/mol. The lowest BCUT2D eigenvalue weighted by molar-refractivity contribution is 0.173. The number of fused-ring (bicyclic) bond motifs is 1. The van der Waals surface area contributed by atoms with Gasteiger partial charge in [0.15, 0.2) is 0 Å². The zero-order valence-electron chi connectivity index (χ0n) is 15.1. The van der Waals surface area contributed by atoms with Crippen LogP contribution in [-0.4, -0.2) is 33.3 Å². The molecule has 2 heterocycles. The van der Waals surface area contributed by atoms with E-state index in [2.05, 4.69) is 0 Å². The first-order chi connectivity index (χ1) is 13.0. The Bertz CT molecular complexity index is 1010. The predicted octanol–water partition coefficient (Wildman–Crippen LogP) is 5.76. The van der Waals surface area contributed by atoms with E-state index < -0.39 is 0 Å².